The molecule has 17 heavy (non-hydrogen) atoms. The summed E-state index contributed by atoms with van der Waals surface area (Å²) in [5.74, 6) is 0. The number of pyridine rings is 2. The first-order valence-corrected chi connectivity index (χ1v) is 6.53. The van der Waals surface area contributed by atoms with Gasteiger partial charge in [-0.25, -0.2) is 0 Å². The molecule has 0 fully saturated rings. The Morgan fingerprint density at radius 2 is 2.12 bits per heavy atom. The number of rotatable bonds is 2. The quantitative estimate of drug-likeness (QED) is 0.730. The second-order valence-corrected chi connectivity index (χ2v) is 5.18. The molecular weight excluding hydrogens is 300 g/mol. The largest absolute Gasteiger partial charge is 0.277 e. The maximum Gasteiger partial charge on any atom is 0.200 e. The summed E-state index contributed by atoms with van der Waals surface area (Å²) in [5, 5.41) is 9.11. The van der Waals surface area contributed by atoms with E-state index in [-0.39, 0.29) is 0 Å². The summed E-state index contributed by atoms with van der Waals surface area (Å²) in [7, 11) is 0. The molecule has 0 aliphatic carbocycles. The van der Waals surface area contributed by atoms with Crippen molar-refractivity contribution in [1.29, 1.82) is 0 Å². The Hall–Kier alpha value is -1.40. The number of halogens is 1. The summed E-state index contributed by atoms with van der Waals surface area (Å²) in [6, 6.07) is 7.78. The van der Waals surface area contributed by atoms with Gasteiger partial charge in [-0.3, -0.25) is 9.38 Å². The zero-order valence-electron chi connectivity index (χ0n) is 8.62. The van der Waals surface area contributed by atoms with E-state index in [1.54, 1.807) is 24.2 Å². The molecule has 3 aromatic heterocycles. The highest BCUT2D eigenvalue weighted by molar-refractivity contribution is 9.10. The topological polar surface area (TPSA) is 43.1 Å². The van der Waals surface area contributed by atoms with Gasteiger partial charge in [-0.15, -0.1) is 10.2 Å². The summed E-state index contributed by atoms with van der Waals surface area (Å²) in [5.41, 5.74) is 0.847. The molecule has 0 radical (unpaired) electrons. The van der Waals surface area contributed by atoms with Crippen molar-refractivity contribution < 1.29 is 0 Å². The van der Waals surface area contributed by atoms with E-state index in [0.29, 0.717) is 0 Å². The van der Waals surface area contributed by atoms with Crippen LogP contribution in [0.4, 0.5) is 0 Å². The van der Waals surface area contributed by atoms with Crippen LogP contribution in [-0.4, -0.2) is 19.6 Å². The van der Waals surface area contributed by atoms with Crippen LogP contribution in [-0.2, 0) is 0 Å². The Morgan fingerprint density at radius 1 is 1.18 bits per heavy atom. The molecule has 0 unspecified atom stereocenters. The summed E-state index contributed by atoms with van der Waals surface area (Å²) in [4.78, 5) is 5.10. The van der Waals surface area contributed by atoms with Crippen LogP contribution >= 0.6 is 27.7 Å². The smallest absolute Gasteiger partial charge is 0.200 e. The molecule has 0 N–H and O–H groups in total. The molecule has 0 aliphatic heterocycles. The maximum absolute atomic E-state index is 4.17. The van der Waals surface area contributed by atoms with Gasteiger partial charge in [-0.2, -0.15) is 0 Å². The molecule has 3 heterocycles. The second kappa shape index (κ2) is 4.46. The molecule has 0 amide bonds. The summed E-state index contributed by atoms with van der Waals surface area (Å²) in [6.07, 6.45) is 5.48. The highest BCUT2D eigenvalue weighted by Gasteiger charge is 2.08. The zero-order chi connectivity index (χ0) is 11.7. The van der Waals surface area contributed by atoms with Crippen molar-refractivity contribution in [1.82, 2.24) is 19.6 Å². The summed E-state index contributed by atoms with van der Waals surface area (Å²) in [6.45, 7) is 0. The average Bonchev–Trinajstić information content (AvgIpc) is 2.76. The van der Waals surface area contributed by atoms with Gasteiger partial charge in [0, 0.05) is 28.0 Å². The van der Waals surface area contributed by atoms with Crippen molar-refractivity contribution in [2.24, 2.45) is 0 Å². The first-order chi connectivity index (χ1) is 8.34. The van der Waals surface area contributed by atoms with E-state index < -0.39 is 0 Å². The lowest BCUT2D eigenvalue weighted by atomic mass is 10.5. The number of hydrogen-bond acceptors (Lipinski definition) is 4. The lowest BCUT2D eigenvalue weighted by Gasteiger charge is -2.01. The molecule has 4 nitrogen and oxygen atoms in total. The molecule has 0 atom stereocenters. The van der Waals surface area contributed by atoms with E-state index in [1.165, 1.54) is 0 Å². The molecule has 0 bridgehead atoms. The SMILES string of the molecule is Brc1cnccc1Sc1nnc2ccccn12. The van der Waals surface area contributed by atoms with Crippen LogP contribution in [0.1, 0.15) is 0 Å². The van der Waals surface area contributed by atoms with E-state index in [2.05, 4.69) is 31.1 Å². The predicted molar refractivity (Wildman–Crippen MR) is 69.0 cm³/mol. The second-order valence-electron chi connectivity index (χ2n) is 3.32. The Balaban J connectivity index is 2.03. The van der Waals surface area contributed by atoms with Crippen LogP contribution in [0.3, 0.4) is 0 Å². The van der Waals surface area contributed by atoms with Crippen LogP contribution in [0.25, 0.3) is 5.65 Å². The Labute approximate surface area is 110 Å². The fourth-order valence-electron chi connectivity index (χ4n) is 1.43. The Bertz CT molecular complexity index is 667. The number of fused-ring (bicyclic) bond motifs is 1. The molecule has 0 aliphatic rings. The lowest BCUT2D eigenvalue weighted by molar-refractivity contribution is 0.920. The molecule has 0 spiro atoms. The van der Waals surface area contributed by atoms with E-state index >= 15 is 0 Å². The van der Waals surface area contributed by atoms with Crippen molar-refractivity contribution in [3.05, 3.63) is 47.3 Å². The molecule has 0 saturated heterocycles. The fourth-order valence-corrected chi connectivity index (χ4v) is 2.74. The molecule has 0 aromatic carbocycles. The normalized spacial score (nSPS) is 10.9. The van der Waals surface area contributed by atoms with Gasteiger partial charge in [0.05, 0.1) is 0 Å². The third-order valence-corrected chi connectivity index (χ3v) is 4.15. The summed E-state index contributed by atoms with van der Waals surface area (Å²) >= 11 is 5.02. The average molecular weight is 307 g/mol. The van der Waals surface area contributed by atoms with E-state index in [4.69, 9.17) is 0 Å². The first-order valence-electron chi connectivity index (χ1n) is 4.92. The van der Waals surface area contributed by atoms with E-state index in [1.807, 2.05) is 34.9 Å². The molecule has 84 valence electrons. The van der Waals surface area contributed by atoms with Gasteiger partial charge in [-0.05, 0) is 45.9 Å². The predicted octanol–water partition coefficient (Wildman–Crippen LogP) is 3.04. The van der Waals surface area contributed by atoms with Gasteiger partial charge in [0.25, 0.3) is 0 Å². The van der Waals surface area contributed by atoms with E-state index in [0.717, 1.165) is 20.2 Å². The van der Waals surface area contributed by atoms with Gasteiger partial charge < -0.3 is 0 Å². The molecular formula is C11H7BrN4S. The van der Waals surface area contributed by atoms with Gasteiger partial charge in [-0.1, -0.05) is 6.07 Å². The molecule has 0 saturated carbocycles. The standard InChI is InChI=1S/C11H7BrN4S/c12-8-7-13-5-4-9(8)17-11-15-14-10-3-1-2-6-16(10)11/h1-7H. The van der Waals surface area contributed by atoms with Gasteiger partial charge >= 0.3 is 0 Å². The number of hydrogen-bond donors (Lipinski definition) is 0. The minimum absolute atomic E-state index is 0.840. The van der Waals surface area contributed by atoms with Crippen LogP contribution in [0.2, 0.25) is 0 Å². The summed E-state index contributed by atoms with van der Waals surface area (Å²) < 4.78 is 2.91. The number of aromatic nitrogens is 4. The molecule has 6 heteroatoms. The Morgan fingerprint density at radius 3 is 3.00 bits per heavy atom. The maximum atomic E-state index is 4.17. The van der Waals surface area contributed by atoms with Crippen molar-refractivity contribution in [3.8, 4) is 0 Å². The number of nitrogens with zero attached hydrogens (tertiary/aromatic N) is 4. The minimum atomic E-state index is 0.840. The van der Waals surface area contributed by atoms with Crippen LogP contribution < -0.4 is 0 Å². The Kier molecular flexibility index (Phi) is 2.82. The molecule has 3 aromatic rings. The first kappa shape index (κ1) is 10.7. The van der Waals surface area contributed by atoms with Crippen molar-refractivity contribution in [3.63, 3.8) is 0 Å². The fraction of sp³-hybridized carbons (Fsp3) is 0. The van der Waals surface area contributed by atoms with Crippen LogP contribution in [0, 0.1) is 0 Å². The van der Waals surface area contributed by atoms with Crippen LogP contribution in [0.15, 0.2) is 57.4 Å². The highest BCUT2D eigenvalue weighted by Crippen LogP contribution is 2.31. The third-order valence-electron chi connectivity index (χ3n) is 2.22. The molecule has 3 rings (SSSR count). The third kappa shape index (κ3) is 2.05. The van der Waals surface area contributed by atoms with Crippen LogP contribution in [0.5, 0.6) is 0 Å². The van der Waals surface area contributed by atoms with Crippen molar-refractivity contribution >= 4 is 33.3 Å². The van der Waals surface area contributed by atoms with Gasteiger partial charge in [0.15, 0.2) is 10.8 Å². The van der Waals surface area contributed by atoms with Crippen molar-refractivity contribution in [2.45, 2.75) is 10.1 Å². The van der Waals surface area contributed by atoms with Gasteiger partial charge in [0.2, 0.25) is 0 Å². The van der Waals surface area contributed by atoms with E-state index in [9.17, 15) is 0 Å². The van der Waals surface area contributed by atoms with Crippen molar-refractivity contribution in [2.75, 3.05) is 0 Å². The van der Waals surface area contributed by atoms with Gasteiger partial charge in [0.1, 0.15) is 0 Å². The lowest BCUT2D eigenvalue weighted by Crippen LogP contribution is -1.86. The zero-order valence-corrected chi connectivity index (χ0v) is 11.0. The monoisotopic (exact) mass is 306 g/mol. The minimum Gasteiger partial charge on any atom is -0.277 e. The highest BCUT2D eigenvalue weighted by atomic mass is 79.9.